The Morgan fingerprint density at radius 1 is 1.12 bits per heavy atom. The summed E-state index contributed by atoms with van der Waals surface area (Å²) in [7, 11) is 0. The van der Waals surface area contributed by atoms with Crippen LogP contribution in [0.5, 0.6) is 0 Å². The first-order chi connectivity index (χ1) is 12.8. The van der Waals surface area contributed by atoms with E-state index in [0.717, 1.165) is 44.9 Å². The molecule has 0 spiro atoms. The van der Waals surface area contributed by atoms with E-state index in [1.165, 1.54) is 11.1 Å². The number of carbonyl (C=O) groups excluding carboxylic acids is 1. The second kappa shape index (κ2) is 10.6. The number of hydrogen-bond acceptors (Lipinski definition) is 4. The highest BCUT2D eigenvalue weighted by Crippen LogP contribution is 2.14. The van der Waals surface area contributed by atoms with Gasteiger partial charge in [-0.1, -0.05) is 30.3 Å². The number of thiophene rings is 1. The third kappa shape index (κ3) is 6.31. The van der Waals surface area contributed by atoms with Crippen molar-refractivity contribution >= 4 is 35.1 Å². The summed E-state index contributed by atoms with van der Waals surface area (Å²) in [5, 5.41) is 6.44. The van der Waals surface area contributed by atoms with E-state index >= 15 is 0 Å². The van der Waals surface area contributed by atoms with Gasteiger partial charge in [-0.15, -0.1) is 11.8 Å². The molecule has 1 amide bonds. The van der Waals surface area contributed by atoms with Crippen molar-refractivity contribution in [3.8, 4) is 0 Å². The Balaban J connectivity index is 1.36. The van der Waals surface area contributed by atoms with Gasteiger partial charge in [-0.25, -0.2) is 0 Å². The maximum atomic E-state index is 12.5. The van der Waals surface area contributed by atoms with E-state index in [-0.39, 0.29) is 0 Å². The SMILES string of the molecule is O=C(CCSC=Cc1ccccc1)N1CCCN(Cc2ccsc2)CC1. The maximum Gasteiger partial charge on any atom is 0.223 e. The van der Waals surface area contributed by atoms with Crippen LogP contribution in [-0.2, 0) is 11.3 Å². The fraction of sp³-hybridized carbons (Fsp3) is 0.381. The van der Waals surface area contributed by atoms with Gasteiger partial charge in [-0.2, -0.15) is 11.3 Å². The molecule has 3 nitrogen and oxygen atoms in total. The quantitative estimate of drug-likeness (QED) is 0.651. The van der Waals surface area contributed by atoms with Crippen molar-refractivity contribution in [1.29, 1.82) is 0 Å². The van der Waals surface area contributed by atoms with Crippen molar-refractivity contribution in [3.05, 3.63) is 63.7 Å². The summed E-state index contributed by atoms with van der Waals surface area (Å²) in [4.78, 5) is 17.0. The first-order valence-electron chi connectivity index (χ1n) is 9.16. The third-order valence-corrected chi connectivity index (χ3v) is 6.02. The van der Waals surface area contributed by atoms with Crippen LogP contribution in [0.4, 0.5) is 0 Å². The molecule has 138 valence electrons. The molecule has 2 heterocycles. The van der Waals surface area contributed by atoms with E-state index in [2.05, 4.69) is 50.2 Å². The molecule has 2 aromatic rings. The average molecular weight is 387 g/mol. The third-order valence-electron chi connectivity index (χ3n) is 4.52. The lowest BCUT2D eigenvalue weighted by atomic mass is 10.2. The molecule has 0 unspecified atom stereocenters. The molecule has 1 aliphatic rings. The van der Waals surface area contributed by atoms with E-state index < -0.39 is 0 Å². The van der Waals surface area contributed by atoms with Crippen molar-refractivity contribution in [1.82, 2.24) is 9.80 Å². The Morgan fingerprint density at radius 2 is 2.00 bits per heavy atom. The minimum Gasteiger partial charge on any atom is -0.341 e. The van der Waals surface area contributed by atoms with Crippen LogP contribution in [0.15, 0.2) is 52.6 Å². The minimum absolute atomic E-state index is 0.294. The molecule has 1 aromatic carbocycles. The first kappa shape index (κ1) is 19.2. The van der Waals surface area contributed by atoms with Gasteiger partial charge < -0.3 is 4.90 Å². The molecule has 5 heteroatoms. The zero-order valence-electron chi connectivity index (χ0n) is 15.0. The molecule has 1 aromatic heterocycles. The van der Waals surface area contributed by atoms with Crippen LogP contribution in [0.2, 0.25) is 0 Å². The molecular formula is C21H26N2OS2. The summed E-state index contributed by atoms with van der Waals surface area (Å²) < 4.78 is 0. The molecule has 0 atom stereocenters. The van der Waals surface area contributed by atoms with E-state index in [4.69, 9.17) is 0 Å². The zero-order chi connectivity index (χ0) is 18.0. The maximum absolute atomic E-state index is 12.5. The van der Waals surface area contributed by atoms with Gasteiger partial charge in [0.25, 0.3) is 0 Å². The van der Waals surface area contributed by atoms with Gasteiger partial charge >= 0.3 is 0 Å². The molecule has 0 aliphatic carbocycles. The largest absolute Gasteiger partial charge is 0.341 e. The van der Waals surface area contributed by atoms with Crippen molar-refractivity contribution in [2.45, 2.75) is 19.4 Å². The Morgan fingerprint density at radius 3 is 2.81 bits per heavy atom. The van der Waals surface area contributed by atoms with Crippen molar-refractivity contribution in [2.24, 2.45) is 0 Å². The number of amides is 1. The summed E-state index contributed by atoms with van der Waals surface area (Å²) in [6.07, 6.45) is 3.79. The standard InChI is InChI=1S/C21H26N2OS2/c24-21(9-16-25-14-7-19-5-2-1-3-6-19)23-11-4-10-22(12-13-23)17-20-8-15-26-18-20/h1-3,5-8,14-15,18H,4,9-13,16-17H2. The number of carbonyl (C=O) groups is 1. The van der Waals surface area contributed by atoms with Crippen LogP contribution in [-0.4, -0.2) is 47.6 Å². The summed E-state index contributed by atoms with van der Waals surface area (Å²) in [5.41, 5.74) is 2.58. The number of hydrogen-bond donors (Lipinski definition) is 0. The molecule has 26 heavy (non-hydrogen) atoms. The van der Waals surface area contributed by atoms with Crippen LogP contribution in [0, 0.1) is 0 Å². The smallest absolute Gasteiger partial charge is 0.223 e. The Labute approximate surface area is 164 Å². The average Bonchev–Trinajstić information content (AvgIpc) is 3.06. The fourth-order valence-electron chi connectivity index (χ4n) is 3.08. The van der Waals surface area contributed by atoms with Crippen LogP contribution >= 0.6 is 23.1 Å². The summed E-state index contributed by atoms with van der Waals surface area (Å²) >= 11 is 3.46. The summed E-state index contributed by atoms with van der Waals surface area (Å²) in [6.45, 7) is 4.81. The van der Waals surface area contributed by atoms with Gasteiger partial charge in [0.1, 0.15) is 0 Å². The molecule has 0 bridgehead atoms. The summed E-state index contributed by atoms with van der Waals surface area (Å²) in [6, 6.07) is 12.5. The van der Waals surface area contributed by atoms with E-state index in [0.29, 0.717) is 12.3 Å². The van der Waals surface area contributed by atoms with Crippen LogP contribution < -0.4 is 0 Å². The predicted octanol–water partition coefficient (Wildman–Crippen LogP) is 4.58. The fourth-order valence-corrected chi connectivity index (χ4v) is 4.42. The van der Waals surface area contributed by atoms with Crippen LogP contribution in [0.1, 0.15) is 24.0 Å². The number of rotatable bonds is 7. The molecule has 0 saturated carbocycles. The molecule has 0 radical (unpaired) electrons. The number of benzene rings is 1. The highest BCUT2D eigenvalue weighted by molar-refractivity contribution is 8.02. The minimum atomic E-state index is 0.294. The topological polar surface area (TPSA) is 23.6 Å². The van der Waals surface area contributed by atoms with Crippen LogP contribution in [0.25, 0.3) is 6.08 Å². The Kier molecular flexibility index (Phi) is 7.80. The van der Waals surface area contributed by atoms with Crippen LogP contribution in [0.3, 0.4) is 0 Å². The molecule has 1 aliphatic heterocycles. The van der Waals surface area contributed by atoms with Gasteiger partial charge in [-0.3, -0.25) is 9.69 Å². The molecule has 0 N–H and O–H groups in total. The van der Waals surface area contributed by atoms with Crippen molar-refractivity contribution < 1.29 is 4.79 Å². The van der Waals surface area contributed by atoms with Gasteiger partial charge in [0, 0.05) is 44.9 Å². The first-order valence-corrected chi connectivity index (χ1v) is 11.1. The lowest BCUT2D eigenvalue weighted by Crippen LogP contribution is -2.35. The van der Waals surface area contributed by atoms with E-state index in [1.807, 2.05) is 18.2 Å². The van der Waals surface area contributed by atoms with Gasteiger partial charge in [0.05, 0.1) is 0 Å². The monoisotopic (exact) mass is 386 g/mol. The molecule has 1 saturated heterocycles. The molecule has 1 fully saturated rings. The van der Waals surface area contributed by atoms with Crippen molar-refractivity contribution in [3.63, 3.8) is 0 Å². The van der Waals surface area contributed by atoms with Gasteiger partial charge in [0.15, 0.2) is 0 Å². The number of thioether (sulfide) groups is 1. The molecule has 3 rings (SSSR count). The Hall–Kier alpha value is -1.56. The highest BCUT2D eigenvalue weighted by atomic mass is 32.2. The van der Waals surface area contributed by atoms with Gasteiger partial charge in [0.2, 0.25) is 5.91 Å². The second-order valence-corrected chi connectivity index (χ2v) is 8.27. The lowest BCUT2D eigenvalue weighted by molar-refractivity contribution is -0.130. The van der Waals surface area contributed by atoms with Crippen molar-refractivity contribution in [2.75, 3.05) is 31.9 Å². The lowest BCUT2D eigenvalue weighted by Gasteiger charge is -2.21. The summed E-state index contributed by atoms with van der Waals surface area (Å²) in [5.74, 6) is 1.14. The van der Waals surface area contributed by atoms with Gasteiger partial charge in [-0.05, 0) is 45.9 Å². The normalized spacial score (nSPS) is 16.1. The Bertz CT molecular complexity index is 685. The zero-order valence-corrected chi connectivity index (χ0v) is 16.7. The van der Waals surface area contributed by atoms with E-state index in [1.54, 1.807) is 23.1 Å². The number of nitrogens with zero attached hydrogens (tertiary/aromatic N) is 2. The second-order valence-electron chi connectivity index (χ2n) is 6.48. The molecular weight excluding hydrogens is 360 g/mol. The highest BCUT2D eigenvalue weighted by Gasteiger charge is 2.18. The predicted molar refractivity (Wildman–Crippen MR) is 113 cm³/mol. The van der Waals surface area contributed by atoms with E-state index in [9.17, 15) is 4.79 Å².